The van der Waals surface area contributed by atoms with Gasteiger partial charge in [0.2, 0.25) is 0 Å². The predicted octanol–water partition coefficient (Wildman–Crippen LogP) is 4.97. The maximum atomic E-state index is 11.1. The third-order valence-electron chi connectivity index (χ3n) is 3.54. The van der Waals surface area contributed by atoms with Gasteiger partial charge in [0.05, 0.1) is 11.1 Å². The molecule has 0 aliphatic rings. The Labute approximate surface area is 134 Å². The zero-order valence-corrected chi connectivity index (χ0v) is 14.7. The van der Waals surface area contributed by atoms with Gasteiger partial charge in [-0.15, -0.1) is 0 Å². The second-order valence-electron chi connectivity index (χ2n) is 5.90. The molecular formula is C19H29NO2. The summed E-state index contributed by atoms with van der Waals surface area (Å²) in [6, 6.07) is 0. The van der Waals surface area contributed by atoms with E-state index < -0.39 is 11.4 Å². The van der Waals surface area contributed by atoms with Crippen molar-refractivity contribution in [1.82, 2.24) is 0 Å². The molecule has 1 N–H and O–H groups in total. The quantitative estimate of drug-likeness (QED) is 0.508. The minimum absolute atomic E-state index is 0.732. The highest BCUT2D eigenvalue weighted by atomic mass is 16.4. The largest absolute Gasteiger partial charge is 0.481 e. The van der Waals surface area contributed by atoms with Crippen LogP contribution in [-0.2, 0) is 4.79 Å². The Morgan fingerprint density at radius 3 is 2.14 bits per heavy atom. The maximum absolute atomic E-state index is 11.1. The molecule has 0 aromatic heterocycles. The summed E-state index contributed by atoms with van der Waals surface area (Å²) >= 11 is 0. The molecule has 0 radical (unpaired) electrons. The van der Waals surface area contributed by atoms with Crippen molar-refractivity contribution >= 4 is 11.7 Å². The highest BCUT2D eigenvalue weighted by molar-refractivity contribution is 6.05. The lowest BCUT2D eigenvalue weighted by Gasteiger charge is -2.13. The van der Waals surface area contributed by atoms with Crippen molar-refractivity contribution in [3.8, 4) is 0 Å². The fraction of sp³-hybridized carbons (Fsp3) is 0.474. The van der Waals surface area contributed by atoms with Crippen molar-refractivity contribution in [2.24, 2.45) is 10.4 Å². The maximum Gasteiger partial charge on any atom is 0.312 e. The number of aliphatic carboxylic acids is 1. The number of carbonyl (C=O) groups is 1. The molecule has 3 nitrogen and oxygen atoms in total. The van der Waals surface area contributed by atoms with Crippen LogP contribution in [0.2, 0.25) is 0 Å². The van der Waals surface area contributed by atoms with E-state index in [4.69, 9.17) is 5.11 Å². The standard InChI is InChI=1S/C19H29NO2/c1-8-15(9-2)12-16(14(3)4)13-17(20-7)10-11-19(5,6)18(21)22/h10-13H,3,8-9H2,1-2,4-7H3,(H,21,22)/b11-10+,16-13-,20-17?. The second kappa shape index (κ2) is 9.19. The molecule has 3 heteroatoms. The van der Waals surface area contributed by atoms with Crippen molar-refractivity contribution < 1.29 is 9.90 Å². The molecule has 0 spiro atoms. The molecule has 0 aliphatic carbocycles. The van der Waals surface area contributed by atoms with Crippen LogP contribution < -0.4 is 0 Å². The molecule has 0 bridgehead atoms. The van der Waals surface area contributed by atoms with Gasteiger partial charge in [-0.25, -0.2) is 0 Å². The second-order valence-corrected chi connectivity index (χ2v) is 5.90. The van der Waals surface area contributed by atoms with Gasteiger partial charge in [-0.2, -0.15) is 0 Å². The summed E-state index contributed by atoms with van der Waals surface area (Å²) in [5.74, 6) is -0.859. The molecule has 22 heavy (non-hydrogen) atoms. The number of hydrogen-bond donors (Lipinski definition) is 1. The average molecular weight is 303 g/mol. The van der Waals surface area contributed by atoms with Crippen LogP contribution in [0.4, 0.5) is 0 Å². The average Bonchev–Trinajstić information content (AvgIpc) is 2.46. The number of hydrogen-bond acceptors (Lipinski definition) is 2. The van der Waals surface area contributed by atoms with Gasteiger partial charge in [-0.1, -0.05) is 43.7 Å². The third kappa shape index (κ3) is 6.70. The summed E-state index contributed by atoms with van der Waals surface area (Å²) in [7, 11) is 1.70. The lowest BCUT2D eigenvalue weighted by Crippen LogP contribution is -2.20. The summed E-state index contributed by atoms with van der Waals surface area (Å²) in [4.78, 5) is 15.4. The zero-order valence-electron chi connectivity index (χ0n) is 14.7. The first-order chi connectivity index (χ1) is 10.2. The van der Waals surface area contributed by atoms with Crippen LogP contribution >= 0.6 is 0 Å². The highest BCUT2D eigenvalue weighted by Crippen LogP contribution is 2.19. The summed E-state index contributed by atoms with van der Waals surface area (Å²) in [5.41, 5.74) is 3.15. The molecule has 122 valence electrons. The fourth-order valence-electron chi connectivity index (χ4n) is 1.67. The number of carboxylic acids is 1. The molecule has 0 unspecified atom stereocenters. The number of rotatable bonds is 8. The topological polar surface area (TPSA) is 49.7 Å². The normalized spacial score (nSPS) is 13.4. The first-order valence-electron chi connectivity index (χ1n) is 7.64. The van der Waals surface area contributed by atoms with E-state index >= 15 is 0 Å². The van der Waals surface area contributed by atoms with E-state index in [2.05, 4.69) is 31.5 Å². The Kier molecular flexibility index (Phi) is 8.39. The minimum Gasteiger partial charge on any atom is -0.481 e. The van der Waals surface area contributed by atoms with E-state index in [1.807, 2.05) is 13.0 Å². The highest BCUT2D eigenvalue weighted by Gasteiger charge is 2.23. The molecule has 0 amide bonds. The lowest BCUT2D eigenvalue weighted by atomic mass is 9.92. The van der Waals surface area contributed by atoms with Gasteiger partial charge >= 0.3 is 5.97 Å². The number of nitrogens with zero attached hydrogens (tertiary/aromatic N) is 1. The Morgan fingerprint density at radius 1 is 1.23 bits per heavy atom. The molecule has 0 atom stereocenters. The molecule has 0 aromatic carbocycles. The van der Waals surface area contributed by atoms with E-state index in [1.165, 1.54) is 5.57 Å². The van der Waals surface area contributed by atoms with E-state index in [9.17, 15) is 4.79 Å². The van der Waals surface area contributed by atoms with Crippen molar-refractivity contribution in [3.63, 3.8) is 0 Å². The summed E-state index contributed by atoms with van der Waals surface area (Å²) in [5, 5.41) is 9.15. The summed E-state index contributed by atoms with van der Waals surface area (Å²) < 4.78 is 0. The van der Waals surface area contributed by atoms with E-state index in [1.54, 1.807) is 33.0 Å². The van der Waals surface area contributed by atoms with Crippen LogP contribution in [0.5, 0.6) is 0 Å². The predicted molar refractivity (Wildman–Crippen MR) is 95.5 cm³/mol. The Hall–Kier alpha value is -1.90. The fourth-order valence-corrected chi connectivity index (χ4v) is 1.67. The van der Waals surface area contributed by atoms with Crippen LogP contribution in [0.1, 0.15) is 47.5 Å². The van der Waals surface area contributed by atoms with Crippen molar-refractivity contribution in [2.45, 2.75) is 47.5 Å². The zero-order chi connectivity index (χ0) is 17.3. The minimum atomic E-state index is -0.916. The molecule has 0 heterocycles. The number of aliphatic imine (C=N–C) groups is 1. The van der Waals surface area contributed by atoms with E-state index in [0.717, 1.165) is 29.7 Å². The monoisotopic (exact) mass is 303 g/mol. The van der Waals surface area contributed by atoms with Gasteiger partial charge in [0.1, 0.15) is 0 Å². The molecule has 0 fully saturated rings. The van der Waals surface area contributed by atoms with Crippen LogP contribution in [0.25, 0.3) is 0 Å². The smallest absolute Gasteiger partial charge is 0.312 e. The Balaban J connectivity index is 5.56. The van der Waals surface area contributed by atoms with Crippen LogP contribution in [0.3, 0.4) is 0 Å². The first kappa shape index (κ1) is 20.1. The number of carboxylic acid groups (broad SMARTS) is 1. The number of allylic oxidation sites excluding steroid dienone is 6. The van der Waals surface area contributed by atoms with Crippen molar-refractivity contribution in [3.05, 3.63) is 47.6 Å². The molecular weight excluding hydrogens is 274 g/mol. The molecule has 0 aromatic rings. The molecule has 0 aliphatic heterocycles. The SMILES string of the molecule is C=C(C)/C(C=C(CC)CC)=C\C(/C=C/C(C)(C)C(=O)O)=NC. The van der Waals surface area contributed by atoms with Gasteiger partial charge in [-0.05, 0) is 51.3 Å². The van der Waals surface area contributed by atoms with Crippen molar-refractivity contribution in [2.75, 3.05) is 7.05 Å². The van der Waals surface area contributed by atoms with Crippen LogP contribution in [0.15, 0.2) is 52.6 Å². The Morgan fingerprint density at radius 2 is 1.77 bits per heavy atom. The van der Waals surface area contributed by atoms with Gasteiger partial charge in [0.15, 0.2) is 0 Å². The van der Waals surface area contributed by atoms with E-state index in [-0.39, 0.29) is 0 Å². The van der Waals surface area contributed by atoms with Gasteiger partial charge in [-0.3, -0.25) is 9.79 Å². The van der Waals surface area contributed by atoms with Gasteiger partial charge < -0.3 is 5.11 Å². The lowest BCUT2D eigenvalue weighted by molar-refractivity contribution is -0.144. The molecule has 0 saturated carbocycles. The van der Waals surface area contributed by atoms with Crippen LogP contribution in [0, 0.1) is 5.41 Å². The molecule has 0 rings (SSSR count). The molecule has 0 saturated heterocycles. The third-order valence-corrected chi connectivity index (χ3v) is 3.54. The Bertz CT molecular complexity index is 526. The summed E-state index contributed by atoms with van der Waals surface area (Å²) in [6.07, 6.45) is 9.51. The van der Waals surface area contributed by atoms with Crippen molar-refractivity contribution in [1.29, 1.82) is 0 Å². The van der Waals surface area contributed by atoms with Gasteiger partial charge in [0, 0.05) is 7.05 Å². The first-order valence-corrected chi connectivity index (χ1v) is 7.64. The van der Waals surface area contributed by atoms with Gasteiger partial charge in [0.25, 0.3) is 0 Å². The summed E-state index contributed by atoms with van der Waals surface area (Å²) in [6.45, 7) is 13.6. The van der Waals surface area contributed by atoms with E-state index in [0.29, 0.717) is 0 Å². The van der Waals surface area contributed by atoms with Crippen LogP contribution in [-0.4, -0.2) is 23.8 Å².